The second kappa shape index (κ2) is 9.92. The molecule has 3 rings (SSSR count). The number of benzene rings is 1. The fraction of sp³-hybridized carbons (Fsp3) is 0.292. The van der Waals surface area contributed by atoms with E-state index < -0.39 is 0 Å². The maximum absolute atomic E-state index is 9.24. The van der Waals surface area contributed by atoms with Crippen LogP contribution in [0.4, 0.5) is 0 Å². The van der Waals surface area contributed by atoms with Crippen LogP contribution in [0.15, 0.2) is 54.9 Å². The third-order valence-electron chi connectivity index (χ3n) is 5.01. The molecule has 2 aromatic heterocycles. The van der Waals surface area contributed by atoms with Crippen LogP contribution in [-0.2, 0) is 31.0 Å². The van der Waals surface area contributed by atoms with Gasteiger partial charge in [0.1, 0.15) is 0 Å². The molecule has 1 aromatic carbocycles. The maximum Gasteiger partial charge on any atom is 0.0991 e. The lowest BCUT2D eigenvalue weighted by molar-refractivity contribution is 0.181. The first kappa shape index (κ1) is 20.7. The summed E-state index contributed by atoms with van der Waals surface area (Å²) in [6.45, 7) is 6.81. The van der Waals surface area contributed by atoms with Crippen LogP contribution < -0.4 is 0 Å². The summed E-state index contributed by atoms with van der Waals surface area (Å²) in [5.41, 5.74) is 7.29. The normalized spacial score (nSPS) is 10.9. The fourth-order valence-electron chi connectivity index (χ4n) is 3.34. The van der Waals surface area contributed by atoms with E-state index >= 15 is 0 Å². The van der Waals surface area contributed by atoms with Gasteiger partial charge in [-0.1, -0.05) is 18.2 Å². The number of nitriles is 1. The number of ether oxygens (including phenoxy) is 1. The molecule has 0 amide bonds. The molecule has 2 heterocycles. The van der Waals surface area contributed by atoms with Gasteiger partial charge in [-0.2, -0.15) is 5.26 Å². The number of aryl methyl sites for hydroxylation is 2. The molecule has 0 bridgehead atoms. The standard InChI is InChI=1S/C24H26N4O/c1-18-6-4-10-26-23(18)15-28(16-24-19(2)7-5-11-27-24)14-21-9-8-20(13-25)12-22(21)17-29-3/h4-12H,14-17H2,1-3H3. The van der Waals surface area contributed by atoms with Crippen LogP contribution in [0.5, 0.6) is 0 Å². The molecule has 148 valence electrons. The molecule has 0 saturated carbocycles. The van der Waals surface area contributed by atoms with Crippen molar-refractivity contribution in [1.29, 1.82) is 5.26 Å². The van der Waals surface area contributed by atoms with Crippen LogP contribution in [0, 0.1) is 25.2 Å². The third kappa shape index (κ3) is 5.47. The molecule has 0 saturated heterocycles. The van der Waals surface area contributed by atoms with Crippen LogP contribution >= 0.6 is 0 Å². The largest absolute Gasteiger partial charge is 0.380 e. The Bertz CT molecular complexity index is 962. The Morgan fingerprint density at radius 3 is 2.03 bits per heavy atom. The molecule has 0 spiro atoms. The minimum atomic E-state index is 0.476. The Kier molecular flexibility index (Phi) is 7.07. The summed E-state index contributed by atoms with van der Waals surface area (Å²) in [4.78, 5) is 11.5. The van der Waals surface area contributed by atoms with Crippen molar-refractivity contribution in [2.75, 3.05) is 7.11 Å². The van der Waals surface area contributed by atoms with Crippen molar-refractivity contribution in [3.63, 3.8) is 0 Å². The topological polar surface area (TPSA) is 62.0 Å². The van der Waals surface area contributed by atoms with E-state index in [1.54, 1.807) is 7.11 Å². The number of hydrogen-bond donors (Lipinski definition) is 0. The Labute approximate surface area is 172 Å². The van der Waals surface area contributed by atoms with Crippen LogP contribution in [0.3, 0.4) is 0 Å². The molecule has 0 atom stereocenters. The molecule has 0 aliphatic rings. The lowest BCUT2D eigenvalue weighted by Crippen LogP contribution is -2.25. The molecule has 5 heteroatoms. The van der Waals surface area contributed by atoms with E-state index in [1.807, 2.05) is 42.7 Å². The average molecular weight is 386 g/mol. The molecule has 0 fully saturated rings. The van der Waals surface area contributed by atoms with Crippen molar-refractivity contribution >= 4 is 0 Å². The monoisotopic (exact) mass is 386 g/mol. The van der Waals surface area contributed by atoms with Gasteiger partial charge in [0, 0.05) is 39.1 Å². The molecule has 0 aliphatic carbocycles. The van der Waals surface area contributed by atoms with Gasteiger partial charge in [0.25, 0.3) is 0 Å². The molecule has 5 nitrogen and oxygen atoms in total. The van der Waals surface area contributed by atoms with Gasteiger partial charge in [-0.3, -0.25) is 14.9 Å². The average Bonchev–Trinajstić information content (AvgIpc) is 2.72. The highest BCUT2D eigenvalue weighted by Crippen LogP contribution is 2.20. The Morgan fingerprint density at radius 2 is 1.52 bits per heavy atom. The quantitative estimate of drug-likeness (QED) is 0.577. The van der Waals surface area contributed by atoms with Gasteiger partial charge in [0.15, 0.2) is 0 Å². The zero-order valence-corrected chi connectivity index (χ0v) is 17.2. The molecule has 0 radical (unpaired) electrons. The zero-order chi connectivity index (χ0) is 20.6. The Balaban J connectivity index is 1.92. The van der Waals surface area contributed by atoms with E-state index in [9.17, 15) is 5.26 Å². The SMILES string of the molecule is COCc1cc(C#N)ccc1CN(Cc1ncccc1C)Cc1ncccc1C. The van der Waals surface area contributed by atoms with Gasteiger partial charge in [-0.25, -0.2) is 0 Å². The molecule has 29 heavy (non-hydrogen) atoms. The van der Waals surface area contributed by atoms with Crippen molar-refractivity contribution in [2.45, 2.75) is 40.1 Å². The predicted octanol–water partition coefficient (Wildman–Crippen LogP) is 4.31. The summed E-state index contributed by atoms with van der Waals surface area (Å²) < 4.78 is 5.37. The molecular formula is C24H26N4O. The second-order valence-corrected chi connectivity index (χ2v) is 7.21. The van der Waals surface area contributed by atoms with Crippen molar-refractivity contribution in [2.24, 2.45) is 0 Å². The number of hydrogen-bond acceptors (Lipinski definition) is 5. The highest BCUT2D eigenvalue weighted by atomic mass is 16.5. The fourth-order valence-corrected chi connectivity index (χ4v) is 3.34. The van der Waals surface area contributed by atoms with Crippen molar-refractivity contribution in [1.82, 2.24) is 14.9 Å². The number of methoxy groups -OCH3 is 1. The zero-order valence-electron chi connectivity index (χ0n) is 17.2. The Morgan fingerprint density at radius 1 is 0.897 bits per heavy atom. The van der Waals surface area contributed by atoms with Crippen LogP contribution in [0.2, 0.25) is 0 Å². The number of nitrogens with zero attached hydrogens (tertiary/aromatic N) is 4. The minimum Gasteiger partial charge on any atom is -0.380 e. The highest BCUT2D eigenvalue weighted by Gasteiger charge is 2.15. The molecule has 3 aromatic rings. The number of pyridine rings is 2. The first-order chi connectivity index (χ1) is 14.1. The van der Waals surface area contributed by atoms with E-state index in [0.717, 1.165) is 42.1 Å². The summed E-state index contributed by atoms with van der Waals surface area (Å²) in [5, 5.41) is 9.24. The highest BCUT2D eigenvalue weighted by molar-refractivity contribution is 5.38. The maximum atomic E-state index is 9.24. The van der Waals surface area contributed by atoms with E-state index in [0.29, 0.717) is 12.2 Å². The van der Waals surface area contributed by atoms with E-state index in [2.05, 4.69) is 46.9 Å². The number of aromatic nitrogens is 2. The van der Waals surface area contributed by atoms with Crippen LogP contribution in [-0.4, -0.2) is 22.0 Å². The van der Waals surface area contributed by atoms with Gasteiger partial charge in [-0.05, 0) is 60.4 Å². The van der Waals surface area contributed by atoms with Gasteiger partial charge >= 0.3 is 0 Å². The molecule has 0 unspecified atom stereocenters. The van der Waals surface area contributed by atoms with Crippen molar-refractivity contribution < 1.29 is 4.74 Å². The third-order valence-corrected chi connectivity index (χ3v) is 5.01. The van der Waals surface area contributed by atoms with Gasteiger partial charge in [-0.15, -0.1) is 0 Å². The first-order valence-corrected chi connectivity index (χ1v) is 9.65. The predicted molar refractivity (Wildman–Crippen MR) is 113 cm³/mol. The summed E-state index contributed by atoms with van der Waals surface area (Å²) in [5.74, 6) is 0. The van der Waals surface area contributed by atoms with Gasteiger partial charge in [0.2, 0.25) is 0 Å². The summed E-state index contributed by atoms with van der Waals surface area (Å²) >= 11 is 0. The van der Waals surface area contributed by atoms with E-state index in [-0.39, 0.29) is 0 Å². The first-order valence-electron chi connectivity index (χ1n) is 9.65. The number of rotatable bonds is 8. The van der Waals surface area contributed by atoms with Gasteiger partial charge in [0.05, 0.1) is 29.6 Å². The molecule has 0 N–H and O–H groups in total. The smallest absolute Gasteiger partial charge is 0.0991 e. The van der Waals surface area contributed by atoms with Gasteiger partial charge < -0.3 is 4.74 Å². The molecule has 0 aliphatic heterocycles. The summed E-state index contributed by atoms with van der Waals surface area (Å²) in [7, 11) is 1.68. The molecular weight excluding hydrogens is 360 g/mol. The summed E-state index contributed by atoms with van der Waals surface area (Å²) in [6.07, 6.45) is 3.68. The lowest BCUT2D eigenvalue weighted by Gasteiger charge is -2.24. The summed E-state index contributed by atoms with van der Waals surface area (Å²) in [6, 6.07) is 16.1. The lowest BCUT2D eigenvalue weighted by atomic mass is 10.0. The van der Waals surface area contributed by atoms with Crippen molar-refractivity contribution in [3.05, 3.63) is 94.1 Å². The van der Waals surface area contributed by atoms with E-state index in [1.165, 1.54) is 11.1 Å². The van der Waals surface area contributed by atoms with Crippen LogP contribution in [0.25, 0.3) is 0 Å². The Hall–Kier alpha value is -3.07. The van der Waals surface area contributed by atoms with E-state index in [4.69, 9.17) is 4.74 Å². The van der Waals surface area contributed by atoms with Crippen molar-refractivity contribution in [3.8, 4) is 6.07 Å². The minimum absolute atomic E-state index is 0.476. The second-order valence-electron chi connectivity index (χ2n) is 7.21. The van der Waals surface area contributed by atoms with Crippen LogP contribution in [0.1, 0.15) is 39.2 Å².